The lowest BCUT2D eigenvalue weighted by Crippen LogP contribution is -2.31. The van der Waals surface area contributed by atoms with Crippen LogP contribution in [-0.2, 0) is 0 Å². The van der Waals surface area contributed by atoms with Crippen molar-refractivity contribution in [2.24, 2.45) is 17.8 Å². The molecule has 2 heteroatoms. The van der Waals surface area contributed by atoms with E-state index in [0.717, 1.165) is 17.8 Å². The molecule has 0 amide bonds. The van der Waals surface area contributed by atoms with Crippen LogP contribution < -0.4 is 5.32 Å². The van der Waals surface area contributed by atoms with Crippen molar-refractivity contribution >= 4 is 22.6 Å². The molecule has 84 valence electrons. The van der Waals surface area contributed by atoms with Crippen molar-refractivity contribution in [3.05, 3.63) is 0 Å². The Labute approximate surface area is 103 Å². The maximum atomic E-state index is 3.59. The first-order valence-electron chi connectivity index (χ1n) is 5.98. The third-order valence-electron chi connectivity index (χ3n) is 3.58. The van der Waals surface area contributed by atoms with Crippen LogP contribution in [0.3, 0.4) is 0 Å². The number of nitrogens with one attached hydrogen (secondary N) is 1. The second kappa shape index (κ2) is 6.31. The summed E-state index contributed by atoms with van der Waals surface area (Å²) in [5.74, 6) is 2.93. The summed E-state index contributed by atoms with van der Waals surface area (Å²) in [7, 11) is 0. The Morgan fingerprint density at radius 2 is 1.93 bits per heavy atom. The highest BCUT2D eigenvalue weighted by atomic mass is 127. The van der Waals surface area contributed by atoms with Gasteiger partial charge in [-0.2, -0.15) is 0 Å². The first-order valence-corrected chi connectivity index (χ1v) is 7.50. The molecule has 0 radical (unpaired) electrons. The fraction of sp³-hybridized carbons (Fsp3) is 1.00. The molecule has 1 rings (SSSR count). The van der Waals surface area contributed by atoms with E-state index in [1.54, 1.807) is 0 Å². The van der Waals surface area contributed by atoms with Gasteiger partial charge in [-0.1, -0.05) is 49.8 Å². The Morgan fingerprint density at radius 3 is 2.43 bits per heavy atom. The quantitative estimate of drug-likeness (QED) is 0.606. The third kappa shape index (κ3) is 3.37. The normalized spacial score (nSPS) is 32.8. The van der Waals surface area contributed by atoms with Gasteiger partial charge in [-0.25, -0.2) is 0 Å². The molecule has 1 aliphatic rings. The van der Waals surface area contributed by atoms with E-state index < -0.39 is 0 Å². The van der Waals surface area contributed by atoms with Gasteiger partial charge in [-0.05, 0) is 37.1 Å². The number of rotatable bonds is 5. The van der Waals surface area contributed by atoms with Gasteiger partial charge in [0.2, 0.25) is 0 Å². The van der Waals surface area contributed by atoms with Crippen LogP contribution in [0.1, 0.15) is 40.0 Å². The molecule has 1 nitrogen and oxygen atoms in total. The summed E-state index contributed by atoms with van der Waals surface area (Å²) in [5, 5.41) is 3.59. The van der Waals surface area contributed by atoms with E-state index in [9.17, 15) is 0 Å². The molecule has 0 aromatic heterocycles. The minimum Gasteiger partial charge on any atom is -0.314 e. The fourth-order valence-corrected chi connectivity index (χ4v) is 3.83. The maximum Gasteiger partial charge on any atom is 0.00264 e. The van der Waals surface area contributed by atoms with Gasteiger partial charge < -0.3 is 5.32 Å². The van der Waals surface area contributed by atoms with E-state index in [-0.39, 0.29) is 0 Å². The minimum absolute atomic E-state index is 0.645. The highest BCUT2D eigenvalue weighted by molar-refractivity contribution is 14.1. The number of hydrogen-bond acceptors (Lipinski definition) is 1. The van der Waals surface area contributed by atoms with E-state index in [0.29, 0.717) is 6.04 Å². The zero-order chi connectivity index (χ0) is 10.6. The number of alkyl halides is 1. The molecule has 0 spiro atoms. The Balaban J connectivity index is 2.37. The van der Waals surface area contributed by atoms with Crippen molar-refractivity contribution in [3.8, 4) is 0 Å². The van der Waals surface area contributed by atoms with Crippen molar-refractivity contribution in [1.82, 2.24) is 5.32 Å². The molecule has 0 aromatic rings. The smallest absolute Gasteiger partial charge is 0.00264 e. The molecule has 0 heterocycles. The van der Waals surface area contributed by atoms with Crippen molar-refractivity contribution in [1.29, 1.82) is 0 Å². The molecule has 1 aliphatic carbocycles. The monoisotopic (exact) mass is 309 g/mol. The van der Waals surface area contributed by atoms with Crippen molar-refractivity contribution in [2.75, 3.05) is 11.0 Å². The lowest BCUT2D eigenvalue weighted by molar-refractivity contribution is 0.305. The topological polar surface area (TPSA) is 12.0 Å². The molecule has 1 N–H and O–H groups in total. The van der Waals surface area contributed by atoms with Crippen LogP contribution >= 0.6 is 22.6 Å². The number of halogens is 1. The standard InChI is InChI=1S/C12H24IN/c1-4-12-10(7-13)5-6-11(12)8-14-9(2)3/h9-12,14H,4-8H2,1-3H3/t10-,11+,12+/m0/s1. The predicted octanol–water partition coefficient (Wildman–Crippen LogP) is 3.47. The zero-order valence-corrected chi connectivity index (χ0v) is 11.9. The Morgan fingerprint density at radius 1 is 1.29 bits per heavy atom. The zero-order valence-electron chi connectivity index (χ0n) is 9.72. The summed E-state index contributed by atoms with van der Waals surface area (Å²) < 4.78 is 1.36. The molecule has 0 aliphatic heterocycles. The van der Waals surface area contributed by atoms with Crippen molar-refractivity contribution in [3.63, 3.8) is 0 Å². The number of hydrogen-bond donors (Lipinski definition) is 1. The van der Waals surface area contributed by atoms with Crippen LogP contribution in [0.4, 0.5) is 0 Å². The van der Waals surface area contributed by atoms with Crippen LogP contribution in [0.5, 0.6) is 0 Å². The highest BCUT2D eigenvalue weighted by Crippen LogP contribution is 2.39. The molecule has 1 saturated carbocycles. The van der Waals surface area contributed by atoms with E-state index >= 15 is 0 Å². The SMILES string of the molecule is CC[C@@H]1[C@H](CI)CC[C@@H]1CNC(C)C. The second-order valence-electron chi connectivity index (χ2n) is 4.89. The fourth-order valence-electron chi connectivity index (χ4n) is 2.74. The minimum atomic E-state index is 0.645. The molecular formula is C12H24IN. The van der Waals surface area contributed by atoms with Crippen LogP contribution in [0.25, 0.3) is 0 Å². The molecule has 0 saturated heterocycles. The Kier molecular flexibility index (Phi) is 5.75. The average molecular weight is 309 g/mol. The summed E-state index contributed by atoms with van der Waals surface area (Å²) in [5.41, 5.74) is 0. The van der Waals surface area contributed by atoms with Crippen LogP contribution in [0, 0.1) is 17.8 Å². The summed E-state index contributed by atoms with van der Waals surface area (Å²) in [6, 6.07) is 0.645. The lowest BCUT2D eigenvalue weighted by atomic mass is 9.88. The van der Waals surface area contributed by atoms with E-state index in [1.807, 2.05) is 0 Å². The predicted molar refractivity (Wildman–Crippen MR) is 72.0 cm³/mol. The lowest BCUT2D eigenvalue weighted by Gasteiger charge is -2.23. The van der Waals surface area contributed by atoms with Gasteiger partial charge in [-0.3, -0.25) is 0 Å². The molecule has 1 fully saturated rings. The molecule has 14 heavy (non-hydrogen) atoms. The second-order valence-corrected chi connectivity index (χ2v) is 5.77. The van der Waals surface area contributed by atoms with Crippen LogP contribution in [0.2, 0.25) is 0 Å². The molecule has 0 bridgehead atoms. The van der Waals surface area contributed by atoms with Crippen LogP contribution in [0.15, 0.2) is 0 Å². The molecular weight excluding hydrogens is 285 g/mol. The summed E-state index contributed by atoms with van der Waals surface area (Å²) in [6.45, 7) is 8.08. The molecule has 0 unspecified atom stereocenters. The van der Waals surface area contributed by atoms with Gasteiger partial charge in [-0.15, -0.1) is 0 Å². The first kappa shape index (κ1) is 12.8. The van der Waals surface area contributed by atoms with Crippen molar-refractivity contribution < 1.29 is 0 Å². The average Bonchev–Trinajstić information content (AvgIpc) is 2.56. The van der Waals surface area contributed by atoms with E-state index in [4.69, 9.17) is 0 Å². The van der Waals surface area contributed by atoms with Gasteiger partial charge in [0.05, 0.1) is 0 Å². The van der Waals surface area contributed by atoms with Gasteiger partial charge in [0.1, 0.15) is 0 Å². The van der Waals surface area contributed by atoms with Gasteiger partial charge in [0.15, 0.2) is 0 Å². The van der Waals surface area contributed by atoms with Gasteiger partial charge in [0.25, 0.3) is 0 Å². The Bertz CT molecular complexity index is 158. The summed E-state index contributed by atoms with van der Waals surface area (Å²) in [6.07, 6.45) is 4.29. The maximum absolute atomic E-state index is 3.59. The summed E-state index contributed by atoms with van der Waals surface area (Å²) in [4.78, 5) is 0. The van der Waals surface area contributed by atoms with Gasteiger partial charge >= 0.3 is 0 Å². The van der Waals surface area contributed by atoms with Crippen LogP contribution in [-0.4, -0.2) is 17.0 Å². The third-order valence-corrected chi connectivity index (χ3v) is 4.71. The largest absolute Gasteiger partial charge is 0.314 e. The molecule has 0 aromatic carbocycles. The van der Waals surface area contributed by atoms with Crippen molar-refractivity contribution in [2.45, 2.75) is 46.1 Å². The van der Waals surface area contributed by atoms with Gasteiger partial charge in [0, 0.05) is 10.5 Å². The summed E-state index contributed by atoms with van der Waals surface area (Å²) >= 11 is 2.56. The van der Waals surface area contributed by atoms with E-state index in [2.05, 4.69) is 48.7 Å². The Hall–Kier alpha value is 0.690. The molecule has 3 atom stereocenters. The first-order chi connectivity index (χ1) is 6.69. The van der Waals surface area contributed by atoms with E-state index in [1.165, 1.54) is 30.2 Å². The highest BCUT2D eigenvalue weighted by Gasteiger charge is 2.33.